The van der Waals surface area contributed by atoms with Crippen LogP contribution in [0.15, 0.2) is 12.1 Å². The number of piperazine rings is 1. The van der Waals surface area contributed by atoms with Crippen molar-refractivity contribution in [2.24, 2.45) is 0 Å². The average Bonchev–Trinajstić information content (AvgIpc) is 2.40. The second kappa shape index (κ2) is 5.49. The Labute approximate surface area is 121 Å². The van der Waals surface area contributed by atoms with E-state index in [1.54, 1.807) is 4.90 Å². The van der Waals surface area contributed by atoms with Crippen molar-refractivity contribution in [3.8, 4) is 0 Å². The molecule has 1 aromatic rings. The van der Waals surface area contributed by atoms with Gasteiger partial charge in [0.25, 0.3) is 0 Å². The van der Waals surface area contributed by atoms with Gasteiger partial charge in [0.2, 0.25) is 10.0 Å². The number of carbonyl (C=O) groups is 1. The largest absolute Gasteiger partial charge is 0.478 e. The summed E-state index contributed by atoms with van der Waals surface area (Å²) >= 11 is 0. The van der Waals surface area contributed by atoms with Crippen molar-refractivity contribution in [2.45, 2.75) is 0 Å². The van der Waals surface area contributed by atoms with Crippen LogP contribution in [0.3, 0.4) is 0 Å². The van der Waals surface area contributed by atoms with E-state index in [-0.39, 0.29) is 18.7 Å². The van der Waals surface area contributed by atoms with Gasteiger partial charge in [-0.1, -0.05) is 0 Å². The first kappa shape index (κ1) is 15.5. The molecule has 0 atom stereocenters. The number of aromatic carboxylic acids is 1. The number of benzene rings is 1. The Bertz CT molecular complexity index is 669. The molecule has 0 spiro atoms. The van der Waals surface area contributed by atoms with Crippen LogP contribution in [0, 0.1) is 5.82 Å². The zero-order valence-electron chi connectivity index (χ0n) is 11.4. The minimum absolute atomic E-state index is 0.245. The van der Waals surface area contributed by atoms with Gasteiger partial charge in [0.15, 0.2) is 0 Å². The summed E-state index contributed by atoms with van der Waals surface area (Å²) in [5.74, 6) is -2.10. The first-order valence-electron chi connectivity index (χ1n) is 6.23. The van der Waals surface area contributed by atoms with Gasteiger partial charge in [-0.2, -0.15) is 4.31 Å². The molecule has 2 rings (SSSR count). The summed E-state index contributed by atoms with van der Waals surface area (Å²) in [5, 5.41) is 9.20. The molecular weight excluding hydrogens is 301 g/mol. The van der Waals surface area contributed by atoms with E-state index in [9.17, 15) is 22.7 Å². The maximum Gasteiger partial charge on any atom is 0.340 e. The number of hydrogen-bond donors (Lipinski definition) is 2. The first-order valence-corrected chi connectivity index (χ1v) is 8.08. The summed E-state index contributed by atoms with van der Waals surface area (Å²) in [5.41, 5.74) is 5.10. The van der Waals surface area contributed by atoms with E-state index >= 15 is 0 Å². The Morgan fingerprint density at radius 1 is 1.29 bits per heavy atom. The second-order valence-electron chi connectivity index (χ2n) is 4.81. The van der Waals surface area contributed by atoms with Gasteiger partial charge in [0.05, 0.1) is 17.6 Å². The van der Waals surface area contributed by atoms with E-state index in [0.717, 1.165) is 12.3 Å². The fourth-order valence-corrected chi connectivity index (χ4v) is 3.16. The number of anilines is 2. The van der Waals surface area contributed by atoms with E-state index in [4.69, 9.17) is 5.73 Å². The molecule has 1 aliphatic rings. The number of nitrogen functional groups attached to an aromatic ring is 1. The molecule has 21 heavy (non-hydrogen) atoms. The highest BCUT2D eigenvalue weighted by Gasteiger charge is 2.27. The summed E-state index contributed by atoms with van der Waals surface area (Å²) in [4.78, 5) is 13.0. The van der Waals surface area contributed by atoms with Crippen molar-refractivity contribution in [1.82, 2.24) is 4.31 Å². The lowest BCUT2D eigenvalue weighted by Crippen LogP contribution is -2.48. The van der Waals surface area contributed by atoms with Crippen LogP contribution in [-0.4, -0.2) is 56.2 Å². The first-order chi connectivity index (χ1) is 9.71. The number of carboxylic acids is 1. The van der Waals surface area contributed by atoms with Gasteiger partial charge >= 0.3 is 5.97 Å². The lowest BCUT2D eigenvalue weighted by molar-refractivity contribution is 0.0698. The van der Waals surface area contributed by atoms with Crippen molar-refractivity contribution in [3.63, 3.8) is 0 Å². The van der Waals surface area contributed by atoms with Gasteiger partial charge in [0.1, 0.15) is 11.4 Å². The van der Waals surface area contributed by atoms with Crippen LogP contribution in [0.4, 0.5) is 15.8 Å². The quantitative estimate of drug-likeness (QED) is 0.771. The highest BCUT2D eigenvalue weighted by Crippen LogP contribution is 2.29. The minimum atomic E-state index is -3.27. The Hall–Kier alpha value is -1.87. The molecule has 0 aromatic heterocycles. The summed E-state index contributed by atoms with van der Waals surface area (Å²) in [6.45, 7) is 1.13. The van der Waals surface area contributed by atoms with Crippen molar-refractivity contribution < 1.29 is 22.7 Å². The Kier molecular flexibility index (Phi) is 4.06. The highest BCUT2D eigenvalue weighted by atomic mass is 32.2. The van der Waals surface area contributed by atoms with Crippen LogP contribution in [0.2, 0.25) is 0 Å². The number of nitrogens with two attached hydrogens (primary N) is 1. The molecule has 116 valence electrons. The molecule has 7 nitrogen and oxygen atoms in total. The van der Waals surface area contributed by atoms with Gasteiger partial charge < -0.3 is 15.7 Å². The van der Waals surface area contributed by atoms with Crippen LogP contribution in [0.1, 0.15) is 10.4 Å². The van der Waals surface area contributed by atoms with Crippen LogP contribution < -0.4 is 10.6 Å². The smallest absolute Gasteiger partial charge is 0.340 e. The van der Waals surface area contributed by atoms with Gasteiger partial charge in [0, 0.05) is 26.2 Å². The summed E-state index contributed by atoms with van der Waals surface area (Å²) < 4.78 is 37.6. The molecule has 1 aromatic carbocycles. The minimum Gasteiger partial charge on any atom is -0.478 e. The molecule has 0 bridgehead atoms. The molecule has 0 amide bonds. The monoisotopic (exact) mass is 317 g/mol. The molecule has 1 heterocycles. The third kappa shape index (κ3) is 3.08. The van der Waals surface area contributed by atoms with Crippen LogP contribution in [-0.2, 0) is 10.0 Å². The molecule has 1 aliphatic heterocycles. The predicted molar refractivity (Wildman–Crippen MR) is 76.4 cm³/mol. The molecule has 9 heteroatoms. The second-order valence-corrected chi connectivity index (χ2v) is 6.79. The molecule has 0 radical (unpaired) electrons. The van der Waals surface area contributed by atoms with Crippen molar-refractivity contribution in [1.29, 1.82) is 0 Å². The standard InChI is InChI=1S/C12H16FN3O4S/c1-21(19,20)16-6-4-15(5-7-16)9-3-2-8(13)11(14)10(9)12(17)18/h2-3H,4-7,14H2,1H3,(H,17,18). The van der Waals surface area contributed by atoms with Crippen LogP contribution in [0.5, 0.6) is 0 Å². The van der Waals surface area contributed by atoms with E-state index in [1.807, 2.05) is 0 Å². The number of sulfonamides is 1. The Balaban J connectivity index is 2.29. The predicted octanol–water partition coefficient (Wildman–Crippen LogP) is 0.188. The number of halogens is 1. The number of carboxylic acid groups (broad SMARTS) is 1. The maximum atomic E-state index is 13.4. The number of hydrogen-bond acceptors (Lipinski definition) is 5. The maximum absolute atomic E-state index is 13.4. The zero-order chi connectivity index (χ0) is 15.8. The van der Waals surface area contributed by atoms with Gasteiger partial charge in [-0.3, -0.25) is 0 Å². The Morgan fingerprint density at radius 2 is 1.86 bits per heavy atom. The summed E-state index contributed by atoms with van der Waals surface area (Å²) in [6.07, 6.45) is 1.13. The van der Waals surface area contributed by atoms with Gasteiger partial charge in [-0.15, -0.1) is 0 Å². The molecule has 0 unspecified atom stereocenters. The lowest BCUT2D eigenvalue weighted by atomic mass is 10.1. The SMILES string of the molecule is CS(=O)(=O)N1CCN(c2ccc(F)c(N)c2C(=O)O)CC1. The fraction of sp³-hybridized carbons (Fsp3) is 0.417. The molecule has 0 saturated carbocycles. The van der Waals surface area contributed by atoms with E-state index in [2.05, 4.69) is 0 Å². The van der Waals surface area contributed by atoms with Crippen molar-refractivity contribution >= 4 is 27.4 Å². The zero-order valence-corrected chi connectivity index (χ0v) is 12.2. The van der Waals surface area contributed by atoms with E-state index < -0.39 is 27.5 Å². The van der Waals surface area contributed by atoms with Gasteiger partial charge in [-0.25, -0.2) is 17.6 Å². The van der Waals surface area contributed by atoms with Crippen LogP contribution >= 0.6 is 0 Å². The van der Waals surface area contributed by atoms with Crippen molar-refractivity contribution in [2.75, 3.05) is 43.1 Å². The average molecular weight is 317 g/mol. The van der Waals surface area contributed by atoms with E-state index in [0.29, 0.717) is 18.8 Å². The van der Waals surface area contributed by atoms with Crippen molar-refractivity contribution in [3.05, 3.63) is 23.5 Å². The molecular formula is C12H16FN3O4S. The fourth-order valence-electron chi connectivity index (χ4n) is 2.33. The number of nitrogens with zero attached hydrogens (tertiary/aromatic N) is 2. The van der Waals surface area contributed by atoms with Crippen LogP contribution in [0.25, 0.3) is 0 Å². The normalized spacial score (nSPS) is 17.0. The molecule has 1 saturated heterocycles. The third-order valence-corrected chi connectivity index (χ3v) is 4.74. The Morgan fingerprint density at radius 3 is 2.33 bits per heavy atom. The topological polar surface area (TPSA) is 104 Å². The highest BCUT2D eigenvalue weighted by molar-refractivity contribution is 7.88. The molecule has 1 fully saturated rings. The van der Waals surface area contributed by atoms with Gasteiger partial charge in [-0.05, 0) is 12.1 Å². The molecule has 3 N–H and O–H groups in total. The summed E-state index contributed by atoms with van der Waals surface area (Å²) in [6, 6.07) is 2.46. The van der Waals surface area contributed by atoms with E-state index in [1.165, 1.54) is 10.4 Å². The molecule has 0 aliphatic carbocycles. The number of rotatable bonds is 3. The summed E-state index contributed by atoms with van der Waals surface area (Å²) in [7, 11) is -3.27. The lowest BCUT2D eigenvalue weighted by Gasteiger charge is -2.35. The third-order valence-electron chi connectivity index (χ3n) is 3.43.